The van der Waals surface area contributed by atoms with Crippen molar-refractivity contribution in [1.29, 1.82) is 0 Å². The van der Waals surface area contributed by atoms with Gasteiger partial charge in [-0.2, -0.15) is 0 Å². The van der Waals surface area contributed by atoms with E-state index in [1.807, 2.05) is 40.7 Å². The van der Waals surface area contributed by atoms with E-state index in [2.05, 4.69) is 88.9 Å². The molecular weight excluding hydrogens is 927 g/mol. The number of nitrogens with zero attached hydrogens (tertiary/aromatic N) is 7. The van der Waals surface area contributed by atoms with Gasteiger partial charge < -0.3 is 38.8 Å². The van der Waals surface area contributed by atoms with Crippen LogP contribution in [0, 0.1) is 29.1 Å². The molecule has 1 aromatic carbocycles. The first-order valence-electron chi connectivity index (χ1n) is 26.6. The predicted octanol–water partition coefficient (Wildman–Crippen LogP) is 5.34. The molecule has 3 aromatic rings. The van der Waals surface area contributed by atoms with E-state index in [0.717, 1.165) is 58.6 Å². The van der Waals surface area contributed by atoms with Crippen LogP contribution in [0.2, 0.25) is 0 Å². The number of carbonyl (C=O) groups is 5. The van der Waals surface area contributed by atoms with E-state index >= 15 is 0 Å². The van der Waals surface area contributed by atoms with E-state index in [1.54, 1.807) is 25.3 Å². The molecule has 17 nitrogen and oxygen atoms in total. The standard InChI is InChI=1S/C56H79N9O8/c1-12-63-45-19-18-39-30-41(45)42(50(63)40-16-13-23-57-48(40)37(5)71-11)32-55(6,7)34-73-54(70)43-17-14-26-65(59-43)53(69)44(31-46-36(4)64(39)28-29-72-46)58-51(67)49(35(2)3)60(10)52(68)38-21-27-61(33-38)47(66)20-22-56(8,9)62-24-15-25-62/h13,16,18-19,23,30,35-38,43-44,46,49,59H,12,14-15,17,21,24-29,31-34H2,1-11H3,(H,58,67)/t36-,37-,38-,43-,44-,46-,49-/m0/s1. The van der Waals surface area contributed by atoms with E-state index in [-0.39, 0.29) is 49.5 Å². The Balaban J connectivity index is 1.09. The molecule has 0 unspecified atom stereocenters. The molecule has 0 radical (unpaired) electrons. The quantitative estimate of drug-likeness (QED) is 0.198. The van der Waals surface area contributed by atoms with Gasteiger partial charge >= 0.3 is 5.97 Å². The highest BCUT2D eigenvalue weighted by Crippen LogP contribution is 2.42. The van der Waals surface area contributed by atoms with E-state index < -0.39 is 58.9 Å². The van der Waals surface area contributed by atoms with Crippen LogP contribution in [0.1, 0.15) is 112 Å². The van der Waals surface area contributed by atoms with Gasteiger partial charge in [0.05, 0.1) is 54.3 Å². The number of hydrogen-bond acceptors (Lipinski definition) is 12. The van der Waals surface area contributed by atoms with Gasteiger partial charge in [0.1, 0.15) is 18.1 Å². The number of benzene rings is 1. The number of amides is 4. The molecule has 4 amide bonds. The topological polar surface area (TPSA) is 171 Å². The summed E-state index contributed by atoms with van der Waals surface area (Å²) >= 11 is 0. The highest BCUT2D eigenvalue weighted by atomic mass is 16.5. The minimum absolute atomic E-state index is 0.132. The van der Waals surface area contributed by atoms with Crippen LogP contribution in [0.4, 0.5) is 5.69 Å². The van der Waals surface area contributed by atoms with Crippen LogP contribution in [0.3, 0.4) is 0 Å². The molecule has 6 bridgehead atoms. The Kier molecular flexibility index (Phi) is 16.3. The summed E-state index contributed by atoms with van der Waals surface area (Å²) < 4.78 is 20.9. The first kappa shape index (κ1) is 53.7. The Labute approximate surface area is 431 Å². The van der Waals surface area contributed by atoms with Crippen LogP contribution in [-0.4, -0.2) is 161 Å². The Morgan fingerprint density at radius 3 is 2.52 bits per heavy atom. The fourth-order valence-electron chi connectivity index (χ4n) is 11.6. The number of hydrazine groups is 1. The van der Waals surface area contributed by atoms with E-state index in [4.69, 9.17) is 19.2 Å². The van der Waals surface area contributed by atoms with Gasteiger partial charge in [0, 0.05) is 100 Å². The normalized spacial score (nSPS) is 24.8. The third kappa shape index (κ3) is 11.3. The Morgan fingerprint density at radius 2 is 1.82 bits per heavy atom. The van der Waals surface area contributed by atoms with Crippen LogP contribution in [0.15, 0.2) is 36.5 Å². The lowest BCUT2D eigenvalue weighted by Crippen LogP contribution is -2.63. The molecule has 7 atom stereocenters. The zero-order valence-electron chi connectivity index (χ0n) is 45.1. The number of aromatic nitrogens is 2. The first-order chi connectivity index (χ1) is 34.7. The third-order valence-corrected chi connectivity index (χ3v) is 16.0. The second-order valence-electron chi connectivity index (χ2n) is 22.5. The zero-order chi connectivity index (χ0) is 52.5. The number of fused-ring (bicyclic) bond motifs is 6. The molecule has 0 saturated carbocycles. The molecule has 8 rings (SSSR count). The molecule has 5 aliphatic heterocycles. The van der Waals surface area contributed by atoms with E-state index in [1.165, 1.54) is 9.91 Å². The number of rotatable bonds is 10. The van der Waals surface area contributed by atoms with Crippen molar-refractivity contribution >= 4 is 46.2 Å². The van der Waals surface area contributed by atoms with Gasteiger partial charge in [-0.3, -0.25) is 38.9 Å². The summed E-state index contributed by atoms with van der Waals surface area (Å²) in [6, 6.07) is 7.63. The highest BCUT2D eigenvalue weighted by Gasteiger charge is 2.43. The maximum absolute atomic E-state index is 14.9. The minimum Gasteiger partial charge on any atom is -0.464 e. The Morgan fingerprint density at radius 1 is 1.05 bits per heavy atom. The molecule has 7 heterocycles. The van der Waals surface area contributed by atoms with Crippen molar-refractivity contribution in [2.75, 3.05) is 71.5 Å². The van der Waals surface area contributed by atoms with Gasteiger partial charge in [-0.1, -0.05) is 33.6 Å². The number of esters is 1. The van der Waals surface area contributed by atoms with Gasteiger partial charge in [0.15, 0.2) is 0 Å². The number of likely N-dealkylation sites (tertiary alicyclic amines) is 2. The second kappa shape index (κ2) is 22.1. The molecule has 396 valence electrons. The third-order valence-electron chi connectivity index (χ3n) is 16.0. The van der Waals surface area contributed by atoms with Crippen molar-refractivity contribution < 1.29 is 38.2 Å². The number of cyclic esters (lactones) is 1. The van der Waals surface area contributed by atoms with Gasteiger partial charge in [0.25, 0.3) is 11.8 Å². The lowest BCUT2D eigenvalue weighted by molar-refractivity contribution is -0.156. The molecule has 0 spiro atoms. The molecular formula is C56H79N9O8. The molecule has 0 aliphatic carbocycles. The fourth-order valence-corrected chi connectivity index (χ4v) is 11.6. The van der Waals surface area contributed by atoms with Crippen molar-refractivity contribution in [2.45, 2.75) is 149 Å². The van der Waals surface area contributed by atoms with Crippen LogP contribution in [0.5, 0.6) is 0 Å². The summed E-state index contributed by atoms with van der Waals surface area (Å²) in [5, 5.41) is 5.64. The van der Waals surface area contributed by atoms with Gasteiger partial charge in [-0.05, 0) is 114 Å². The van der Waals surface area contributed by atoms with Crippen LogP contribution in [-0.2, 0) is 51.1 Å². The van der Waals surface area contributed by atoms with Gasteiger partial charge in [-0.25, -0.2) is 5.43 Å². The number of anilines is 1. The van der Waals surface area contributed by atoms with Crippen LogP contribution < -0.4 is 15.6 Å². The largest absolute Gasteiger partial charge is 0.464 e. The summed E-state index contributed by atoms with van der Waals surface area (Å²) in [6.45, 7) is 22.9. The van der Waals surface area contributed by atoms with Crippen LogP contribution >= 0.6 is 0 Å². The lowest BCUT2D eigenvalue weighted by atomic mass is 9.84. The Hall–Kier alpha value is -5.54. The summed E-state index contributed by atoms with van der Waals surface area (Å²) in [5.41, 5.74) is 8.34. The van der Waals surface area contributed by atoms with E-state index in [9.17, 15) is 24.0 Å². The molecule has 73 heavy (non-hydrogen) atoms. The SMILES string of the molecule is CCn1c(-c2cccnc2[C@H](C)OC)c2c3cc(ccc31)N1CCO[C@@H](C[C@H](NC(=O)[C@H](C(C)C)N(C)C(=O)[C@H]3CCN(C(=O)C#CC(C)(C)N4CCC4)C3)C(=O)N3CCC[C@H](N3)C(=O)OCC(C)(C)C2)[C@@H]1C. The zero-order valence-corrected chi connectivity index (χ0v) is 45.1. The molecule has 2 N–H and O–H groups in total. The molecule has 2 aromatic heterocycles. The highest BCUT2D eigenvalue weighted by molar-refractivity contribution is 5.96. The molecule has 4 fully saturated rings. The second-order valence-corrected chi connectivity index (χ2v) is 22.5. The maximum atomic E-state index is 14.9. The number of morpholine rings is 1. The monoisotopic (exact) mass is 1010 g/mol. The van der Waals surface area contributed by atoms with Crippen molar-refractivity contribution in [1.82, 2.24) is 40.0 Å². The fraction of sp³-hybridized carbons (Fsp3) is 0.643. The number of ether oxygens (including phenoxy) is 3. The number of pyridine rings is 1. The number of hydrogen-bond donors (Lipinski definition) is 2. The molecule has 4 saturated heterocycles. The van der Waals surface area contributed by atoms with E-state index in [0.29, 0.717) is 58.5 Å². The lowest BCUT2D eigenvalue weighted by Gasteiger charge is -2.43. The maximum Gasteiger partial charge on any atom is 0.324 e. The number of methoxy groups -OCH3 is 1. The summed E-state index contributed by atoms with van der Waals surface area (Å²) in [6.07, 6.45) is 4.34. The van der Waals surface area contributed by atoms with Crippen molar-refractivity contribution in [2.24, 2.45) is 17.3 Å². The predicted molar refractivity (Wildman–Crippen MR) is 280 cm³/mol. The number of nitrogens with one attached hydrogen (secondary N) is 2. The number of likely N-dealkylation sites (N-methyl/N-ethyl adjacent to an activating group) is 1. The first-order valence-corrected chi connectivity index (χ1v) is 26.6. The van der Waals surface area contributed by atoms with Crippen molar-refractivity contribution in [3.05, 3.63) is 47.8 Å². The van der Waals surface area contributed by atoms with Gasteiger partial charge in [-0.15, -0.1) is 0 Å². The average molecular weight is 1010 g/mol. The summed E-state index contributed by atoms with van der Waals surface area (Å²) in [5.74, 6) is 3.26. The summed E-state index contributed by atoms with van der Waals surface area (Å²) in [4.78, 5) is 83.8. The van der Waals surface area contributed by atoms with Crippen molar-refractivity contribution in [3.63, 3.8) is 0 Å². The minimum atomic E-state index is -1.08. The van der Waals surface area contributed by atoms with Crippen LogP contribution in [0.25, 0.3) is 22.2 Å². The number of carbonyl (C=O) groups excluding carboxylic acids is 5. The molecule has 5 aliphatic rings. The van der Waals surface area contributed by atoms with Crippen molar-refractivity contribution in [3.8, 4) is 23.1 Å². The number of aryl methyl sites for hydroxylation is 1. The Bertz CT molecular complexity index is 2610. The average Bonchev–Trinajstić information content (AvgIpc) is 3.96. The molecule has 17 heteroatoms. The van der Waals surface area contributed by atoms with Gasteiger partial charge in [0.2, 0.25) is 11.8 Å². The summed E-state index contributed by atoms with van der Waals surface area (Å²) in [7, 11) is 3.32. The smallest absolute Gasteiger partial charge is 0.324 e.